The Morgan fingerprint density at radius 2 is 1.91 bits per heavy atom. The summed E-state index contributed by atoms with van der Waals surface area (Å²) in [5.41, 5.74) is 4.67. The van der Waals surface area contributed by atoms with Gasteiger partial charge in [-0.2, -0.15) is 0 Å². The molecule has 0 saturated heterocycles. The summed E-state index contributed by atoms with van der Waals surface area (Å²) in [4.78, 5) is 21.7. The molecule has 0 radical (unpaired) electrons. The molecule has 4 rings (SSSR count). The Labute approximate surface area is 131 Å². The van der Waals surface area contributed by atoms with Crippen LogP contribution in [0.25, 0.3) is 0 Å². The van der Waals surface area contributed by atoms with E-state index in [0.29, 0.717) is 6.54 Å². The van der Waals surface area contributed by atoms with Crippen LogP contribution in [-0.2, 0) is 11.3 Å². The van der Waals surface area contributed by atoms with E-state index in [-0.39, 0.29) is 5.91 Å². The van der Waals surface area contributed by atoms with E-state index in [0.717, 1.165) is 49.4 Å². The first-order chi connectivity index (χ1) is 10.7. The zero-order valence-corrected chi connectivity index (χ0v) is 13.0. The summed E-state index contributed by atoms with van der Waals surface area (Å²) in [6.07, 6.45) is 4.26. The van der Waals surface area contributed by atoms with Gasteiger partial charge in [-0.3, -0.25) is 14.7 Å². The smallest absolute Gasteiger partial charge is 0.258 e. The molecule has 4 heteroatoms. The number of carbonyl (C=O) groups is 1. The third-order valence-corrected chi connectivity index (χ3v) is 4.79. The number of nitrogens with zero attached hydrogens (tertiary/aromatic N) is 3. The van der Waals surface area contributed by atoms with E-state index in [1.54, 1.807) is 0 Å². The molecule has 1 amide bonds. The van der Waals surface area contributed by atoms with Crippen LogP contribution >= 0.6 is 0 Å². The van der Waals surface area contributed by atoms with Crippen LogP contribution in [0, 0.1) is 6.92 Å². The van der Waals surface area contributed by atoms with Crippen molar-refractivity contribution in [2.45, 2.75) is 39.2 Å². The highest BCUT2D eigenvalue weighted by atomic mass is 16.2. The van der Waals surface area contributed by atoms with Crippen molar-refractivity contribution in [3.63, 3.8) is 0 Å². The van der Waals surface area contributed by atoms with E-state index in [4.69, 9.17) is 0 Å². The van der Waals surface area contributed by atoms with Crippen LogP contribution in [0.1, 0.15) is 36.8 Å². The number of benzene rings is 1. The van der Waals surface area contributed by atoms with Gasteiger partial charge in [0.2, 0.25) is 5.96 Å². The Hall–Kier alpha value is -2.10. The van der Waals surface area contributed by atoms with E-state index in [1.165, 1.54) is 17.7 Å². The fraction of sp³-hybridized carbons (Fsp3) is 0.444. The van der Waals surface area contributed by atoms with Gasteiger partial charge in [-0.05, 0) is 38.2 Å². The van der Waals surface area contributed by atoms with Gasteiger partial charge in [0.15, 0.2) is 0 Å². The summed E-state index contributed by atoms with van der Waals surface area (Å²) in [6, 6.07) is 8.41. The van der Waals surface area contributed by atoms with E-state index in [9.17, 15) is 4.79 Å². The van der Waals surface area contributed by atoms with Crippen LogP contribution in [0.2, 0.25) is 0 Å². The minimum atomic E-state index is 0.173. The molecule has 3 aliphatic rings. The number of hydrogen-bond acceptors (Lipinski definition) is 3. The van der Waals surface area contributed by atoms with Crippen molar-refractivity contribution in [3.05, 3.63) is 46.7 Å². The molecule has 22 heavy (non-hydrogen) atoms. The molecular weight excluding hydrogens is 274 g/mol. The molecular formula is C18H21N3O. The molecule has 2 aliphatic heterocycles. The molecule has 114 valence electrons. The van der Waals surface area contributed by atoms with Crippen LogP contribution in [0.5, 0.6) is 0 Å². The number of allylic oxidation sites excluding steroid dienone is 1. The van der Waals surface area contributed by atoms with E-state index < -0.39 is 0 Å². The molecule has 1 aromatic rings. The second kappa shape index (κ2) is 5.27. The largest absolute Gasteiger partial charge is 0.314 e. The number of guanidine groups is 1. The average Bonchev–Trinajstić information content (AvgIpc) is 3.03. The molecule has 0 bridgehead atoms. The predicted molar refractivity (Wildman–Crippen MR) is 86.2 cm³/mol. The summed E-state index contributed by atoms with van der Waals surface area (Å²) in [5.74, 6) is 1.04. The lowest BCUT2D eigenvalue weighted by Gasteiger charge is -2.39. The fourth-order valence-corrected chi connectivity index (χ4v) is 3.61. The number of aliphatic imine (C=N–C) groups is 1. The van der Waals surface area contributed by atoms with E-state index >= 15 is 0 Å². The average molecular weight is 295 g/mol. The van der Waals surface area contributed by atoms with Crippen LogP contribution in [0.15, 0.2) is 40.5 Å². The van der Waals surface area contributed by atoms with Crippen molar-refractivity contribution in [2.24, 2.45) is 4.99 Å². The zero-order valence-electron chi connectivity index (χ0n) is 13.0. The molecule has 0 aromatic heterocycles. The number of amides is 1. The molecule has 0 fully saturated rings. The predicted octanol–water partition coefficient (Wildman–Crippen LogP) is 2.84. The normalized spacial score (nSPS) is 21.0. The van der Waals surface area contributed by atoms with Crippen molar-refractivity contribution >= 4 is 11.9 Å². The van der Waals surface area contributed by atoms with Gasteiger partial charge in [0.25, 0.3) is 5.91 Å². The van der Waals surface area contributed by atoms with Crippen LogP contribution < -0.4 is 0 Å². The Morgan fingerprint density at radius 1 is 1.14 bits per heavy atom. The maximum Gasteiger partial charge on any atom is 0.258 e. The van der Waals surface area contributed by atoms with Gasteiger partial charge in [-0.15, -0.1) is 0 Å². The standard InChI is InChI=1S/C18H21N3O/c1-13-6-8-14(9-7-13)12-21-17(22)15-4-2-3-5-16(15)20-11-10-19-18(20)21/h6-9H,2-5,10-12H2,1H3. The van der Waals surface area contributed by atoms with Gasteiger partial charge in [-0.25, -0.2) is 0 Å². The van der Waals surface area contributed by atoms with Gasteiger partial charge in [0.05, 0.1) is 13.1 Å². The number of aryl methyl sites for hydroxylation is 1. The lowest BCUT2D eigenvalue weighted by molar-refractivity contribution is -0.125. The highest BCUT2D eigenvalue weighted by Gasteiger charge is 2.39. The first kappa shape index (κ1) is 13.6. The van der Waals surface area contributed by atoms with Crippen LogP contribution in [0.4, 0.5) is 0 Å². The number of hydrogen-bond donors (Lipinski definition) is 0. The SMILES string of the molecule is Cc1ccc(CN2C(=O)C3=C(CCCC3)N3CCN=C23)cc1. The van der Waals surface area contributed by atoms with Crippen LogP contribution in [0.3, 0.4) is 0 Å². The third kappa shape index (κ3) is 2.14. The summed E-state index contributed by atoms with van der Waals surface area (Å²) in [7, 11) is 0. The van der Waals surface area contributed by atoms with Crippen molar-refractivity contribution < 1.29 is 4.79 Å². The molecule has 0 N–H and O–H groups in total. The number of fused-ring (bicyclic) bond motifs is 2. The first-order valence-corrected chi connectivity index (χ1v) is 8.15. The lowest BCUT2D eigenvalue weighted by atomic mass is 9.92. The lowest BCUT2D eigenvalue weighted by Crippen LogP contribution is -2.50. The molecule has 0 atom stereocenters. The minimum Gasteiger partial charge on any atom is -0.314 e. The summed E-state index contributed by atoms with van der Waals surface area (Å²) >= 11 is 0. The molecule has 0 saturated carbocycles. The number of rotatable bonds is 2. The molecule has 1 aliphatic carbocycles. The maximum absolute atomic E-state index is 12.9. The maximum atomic E-state index is 12.9. The van der Waals surface area contributed by atoms with Gasteiger partial charge in [0.1, 0.15) is 0 Å². The summed E-state index contributed by atoms with van der Waals surface area (Å²) in [5, 5.41) is 0. The topological polar surface area (TPSA) is 35.9 Å². The first-order valence-electron chi connectivity index (χ1n) is 8.15. The monoisotopic (exact) mass is 295 g/mol. The molecule has 0 spiro atoms. The zero-order chi connectivity index (χ0) is 15.1. The minimum absolute atomic E-state index is 0.173. The Kier molecular flexibility index (Phi) is 3.25. The Balaban J connectivity index is 1.68. The third-order valence-electron chi connectivity index (χ3n) is 4.79. The van der Waals surface area contributed by atoms with Crippen molar-refractivity contribution in [1.29, 1.82) is 0 Å². The van der Waals surface area contributed by atoms with E-state index in [2.05, 4.69) is 41.1 Å². The Bertz CT molecular complexity index is 672. The molecule has 2 heterocycles. The fourth-order valence-electron chi connectivity index (χ4n) is 3.61. The highest BCUT2D eigenvalue weighted by Crippen LogP contribution is 2.35. The van der Waals surface area contributed by atoms with Crippen LogP contribution in [-0.4, -0.2) is 34.8 Å². The molecule has 4 nitrogen and oxygen atoms in total. The summed E-state index contributed by atoms with van der Waals surface area (Å²) in [6.45, 7) is 4.42. The van der Waals surface area contributed by atoms with Gasteiger partial charge < -0.3 is 4.90 Å². The highest BCUT2D eigenvalue weighted by molar-refractivity contribution is 6.09. The second-order valence-electron chi connectivity index (χ2n) is 6.34. The van der Waals surface area contributed by atoms with Crippen molar-refractivity contribution in [2.75, 3.05) is 13.1 Å². The molecule has 1 aromatic carbocycles. The van der Waals surface area contributed by atoms with E-state index in [1.807, 2.05) is 4.90 Å². The van der Waals surface area contributed by atoms with Crippen molar-refractivity contribution in [1.82, 2.24) is 9.80 Å². The Morgan fingerprint density at radius 3 is 2.73 bits per heavy atom. The summed E-state index contributed by atoms with van der Waals surface area (Å²) < 4.78 is 0. The van der Waals surface area contributed by atoms with Gasteiger partial charge in [0, 0.05) is 17.8 Å². The van der Waals surface area contributed by atoms with Gasteiger partial charge in [-0.1, -0.05) is 29.8 Å². The van der Waals surface area contributed by atoms with Crippen molar-refractivity contribution in [3.8, 4) is 0 Å². The quantitative estimate of drug-likeness (QED) is 0.841. The van der Waals surface area contributed by atoms with Gasteiger partial charge >= 0.3 is 0 Å². The number of carbonyl (C=O) groups excluding carboxylic acids is 1. The second-order valence-corrected chi connectivity index (χ2v) is 6.34. The molecule has 0 unspecified atom stereocenters.